The molecule has 0 saturated heterocycles. The second kappa shape index (κ2) is 11.6. The standard InChI is InChI=1S/C25H28N4O5/c1-4-15-29-25(32)19-10-8-7-9-18(19)23(28-29)24(31)27-26-22(30)14-12-17-11-13-20(33-5-2)21(16-17)34-6-3/h7-14,16H,4-6,15H2,1-3H3,(H,26,30)(H,27,31)/b14-12+. The summed E-state index contributed by atoms with van der Waals surface area (Å²) >= 11 is 0. The molecule has 2 N–H and O–H groups in total. The molecule has 0 bridgehead atoms. The van der Waals surface area contributed by atoms with Gasteiger partial charge < -0.3 is 9.47 Å². The van der Waals surface area contributed by atoms with Crippen LogP contribution in [0.3, 0.4) is 0 Å². The number of fused-ring (bicyclic) bond motifs is 1. The molecule has 0 saturated carbocycles. The molecule has 3 rings (SSSR count). The molecule has 2 aromatic carbocycles. The third-order valence-electron chi connectivity index (χ3n) is 4.81. The minimum Gasteiger partial charge on any atom is -0.490 e. The Morgan fingerprint density at radius 2 is 1.68 bits per heavy atom. The number of nitrogens with one attached hydrogen (secondary N) is 2. The highest BCUT2D eigenvalue weighted by molar-refractivity contribution is 6.05. The van der Waals surface area contributed by atoms with E-state index < -0.39 is 11.8 Å². The largest absolute Gasteiger partial charge is 0.490 e. The number of nitrogens with zero attached hydrogens (tertiary/aromatic N) is 2. The van der Waals surface area contributed by atoms with Crippen LogP contribution < -0.4 is 25.9 Å². The number of carbonyl (C=O) groups excluding carboxylic acids is 2. The number of aromatic nitrogens is 2. The van der Waals surface area contributed by atoms with E-state index in [1.54, 1.807) is 48.5 Å². The van der Waals surface area contributed by atoms with Gasteiger partial charge in [0, 0.05) is 18.0 Å². The summed E-state index contributed by atoms with van der Waals surface area (Å²) in [6.45, 7) is 7.05. The van der Waals surface area contributed by atoms with Crippen molar-refractivity contribution in [2.45, 2.75) is 33.7 Å². The van der Waals surface area contributed by atoms with E-state index in [0.29, 0.717) is 48.5 Å². The first kappa shape index (κ1) is 24.5. The van der Waals surface area contributed by atoms with E-state index in [2.05, 4.69) is 16.0 Å². The summed E-state index contributed by atoms with van der Waals surface area (Å²) in [6, 6.07) is 12.1. The van der Waals surface area contributed by atoms with Gasteiger partial charge in [-0.3, -0.25) is 25.2 Å². The van der Waals surface area contributed by atoms with Crippen molar-refractivity contribution in [2.75, 3.05) is 13.2 Å². The second-order valence-electron chi connectivity index (χ2n) is 7.27. The van der Waals surface area contributed by atoms with Gasteiger partial charge in [0.05, 0.1) is 18.6 Å². The first-order valence-corrected chi connectivity index (χ1v) is 11.2. The van der Waals surface area contributed by atoms with E-state index in [0.717, 1.165) is 5.56 Å². The number of ether oxygens (including phenoxy) is 2. The van der Waals surface area contributed by atoms with Crippen molar-refractivity contribution in [3.63, 3.8) is 0 Å². The number of aryl methyl sites for hydroxylation is 1. The lowest BCUT2D eigenvalue weighted by Gasteiger charge is -2.11. The number of hydrogen-bond acceptors (Lipinski definition) is 6. The predicted molar refractivity (Wildman–Crippen MR) is 130 cm³/mol. The molecule has 34 heavy (non-hydrogen) atoms. The third kappa shape index (κ3) is 5.80. The Morgan fingerprint density at radius 3 is 2.38 bits per heavy atom. The summed E-state index contributed by atoms with van der Waals surface area (Å²) in [5.41, 5.74) is 5.23. The number of rotatable bonds is 9. The van der Waals surface area contributed by atoms with Crippen LogP contribution >= 0.6 is 0 Å². The van der Waals surface area contributed by atoms with E-state index in [9.17, 15) is 14.4 Å². The summed E-state index contributed by atoms with van der Waals surface area (Å²) in [6.07, 6.45) is 3.56. The molecule has 2 amide bonds. The van der Waals surface area contributed by atoms with Crippen molar-refractivity contribution in [1.29, 1.82) is 0 Å². The van der Waals surface area contributed by atoms with E-state index >= 15 is 0 Å². The quantitative estimate of drug-likeness (QED) is 0.372. The minimum absolute atomic E-state index is 0.0563. The number of hydrogen-bond donors (Lipinski definition) is 2. The van der Waals surface area contributed by atoms with Gasteiger partial charge in [0.15, 0.2) is 17.2 Å². The molecule has 0 spiro atoms. The maximum atomic E-state index is 12.8. The van der Waals surface area contributed by atoms with Crippen molar-refractivity contribution < 1.29 is 19.1 Å². The van der Waals surface area contributed by atoms with Crippen LogP contribution in [0.25, 0.3) is 16.8 Å². The molecule has 3 aromatic rings. The Hall–Kier alpha value is -4.14. The lowest BCUT2D eigenvalue weighted by Crippen LogP contribution is -2.42. The van der Waals surface area contributed by atoms with Gasteiger partial charge in [0.2, 0.25) is 0 Å². The van der Waals surface area contributed by atoms with Crippen LogP contribution in [0, 0.1) is 0 Å². The van der Waals surface area contributed by atoms with Crippen LogP contribution in [0.4, 0.5) is 0 Å². The number of amides is 2. The van der Waals surface area contributed by atoms with E-state index in [1.165, 1.54) is 10.8 Å². The first-order chi connectivity index (χ1) is 16.5. The number of carbonyl (C=O) groups is 2. The molecule has 0 aliphatic heterocycles. The molecule has 0 aliphatic rings. The molecule has 178 valence electrons. The summed E-state index contributed by atoms with van der Waals surface area (Å²) in [4.78, 5) is 37.6. The topological polar surface area (TPSA) is 112 Å². The Bertz CT molecular complexity index is 1270. The van der Waals surface area contributed by atoms with Crippen LogP contribution in [0.1, 0.15) is 43.2 Å². The molecule has 1 heterocycles. The first-order valence-electron chi connectivity index (χ1n) is 11.2. The molecule has 0 radical (unpaired) electrons. The monoisotopic (exact) mass is 464 g/mol. The summed E-state index contributed by atoms with van der Waals surface area (Å²) < 4.78 is 12.4. The molecule has 0 atom stereocenters. The van der Waals surface area contributed by atoms with Crippen molar-refractivity contribution in [1.82, 2.24) is 20.6 Å². The fourth-order valence-corrected chi connectivity index (χ4v) is 3.33. The van der Waals surface area contributed by atoms with E-state index in [1.807, 2.05) is 20.8 Å². The minimum atomic E-state index is -0.623. The third-order valence-corrected chi connectivity index (χ3v) is 4.81. The average Bonchev–Trinajstić information content (AvgIpc) is 2.84. The lowest BCUT2D eigenvalue weighted by molar-refractivity contribution is -0.117. The number of benzene rings is 2. The van der Waals surface area contributed by atoms with Gasteiger partial charge in [-0.15, -0.1) is 0 Å². The molecule has 9 heteroatoms. The molecular weight excluding hydrogens is 436 g/mol. The van der Waals surface area contributed by atoms with Crippen molar-refractivity contribution >= 4 is 28.7 Å². The van der Waals surface area contributed by atoms with Gasteiger partial charge in [0.25, 0.3) is 17.4 Å². The summed E-state index contributed by atoms with van der Waals surface area (Å²) in [7, 11) is 0. The Balaban J connectivity index is 1.72. The zero-order chi connectivity index (χ0) is 24.5. The molecule has 0 unspecified atom stereocenters. The zero-order valence-corrected chi connectivity index (χ0v) is 19.5. The molecule has 9 nitrogen and oxygen atoms in total. The highest BCUT2D eigenvalue weighted by Gasteiger charge is 2.16. The van der Waals surface area contributed by atoms with Crippen LogP contribution in [0.5, 0.6) is 11.5 Å². The predicted octanol–water partition coefficient (Wildman–Crippen LogP) is 3.08. The van der Waals surface area contributed by atoms with Crippen LogP contribution in [-0.4, -0.2) is 34.8 Å². The fraction of sp³-hybridized carbons (Fsp3) is 0.280. The normalized spacial score (nSPS) is 10.9. The SMILES string of the molecule is CCCn1nc(C(=O)NNC(=O)/C=C/c2ccc(OCC)c(OCC)c2)c2ccccc2c1=O. The highest BCUT2D eigenvalue weighted by atomic mass is 16.5. The highest BCUT2D eigenvalue weighted by Crippen LogP contribution is 2.29. The lowest BCUT2D eigenvalue weighted by atomic mass is 10.1. The molecular formula is C25H28N4O5. The summed E-state index contributed by atoms with van der Waals surface area (Å²) in [5, 5.41) is 5.02. The van der Waals surface area contributed by atoms with Crippen molar-refractivity contribution in [3.05, 3.63) is 70.2 Å². The zero-order valence-electron chi connectivity index (χ0n) is 19.5. The average molecular weight is 465 g/mol. The van der Waals surface area contributed by atoms with Gasteiger partial charge in [0.1, 0.15) is 0 Å². The number of hydrazine groups is 1. The molecule has 0 fully saturated rings. The van der Waals surface area contributed by atoms with Gasteiger partial charge in [-0.05, 0) is 50.1 Å². The fourth-order valence-electron chi connectivity index (χ4n) is 3.33. The Labute approximate surface area is 197 Å². The van der Waals surface area contributed by atoms with Crippen molar-refractivity contribution in [2.24, 2.45) is 0 Å². The van der Waals surface area contributed by atoms with Crippen LogP contribution in [0.2, 0.25) is 0 Å². The van der Waals surface area contributed by atoms with Gasteiger partial charge in [-0.1, -0.05) is 31.2 Å². The second-order valence-corrected chi connectivity index (χ2v) is 7.27. The van der Waals surface area contributed by atoms with E-state index in [-0.39, 0.29) is 11.3 Å². The Morgan fingerprint density at radius 1 is 0.971 bits per heavy atom. The van der Waals surface area contributed by atoms with E-state index in [4.69, 9.17) is 9.47 Å². The summed E-state index contributed by atoms with van der Waals surface area (Å²) in [5.74, 6) is 0.0524. The maximum absolute atomic E-state index is 12.8. The Kier molecular flexibility index (Phi) is 8.39. The smallest absolute Gasteiger partial charge is 0.290 e. The van der Waals surface area contributed by atoms with Gasteiger partial charge in [-0.25, -0.2) is 4.68 Å². The van der Waals surface area contributed by atoms with Crippen molar-refractivity contribution in [3.8, 4) is 11.5 Å². The molecule has 1 aromatic heterocycles. The van der Waals surface area contributed by atoms with Crippen LogP contribution in [0.15, 0.2) is 53.3 Å². The van der Waals surface area contributed by atoms with Crippen LogP contribution in [-0.2, 0) is 11.3 Å². The van der Waals surface area contributed by atoms with Gasteiger partial charge in [-0.2, -0.15) is 5.10 Å². The molecule has 0 aliphatic carbocycles. The maximum Gasteiger partial charge on any atom is 0.290 e. The van der Waals surface area contributed by atoms with Gasteiger partial charge >= 0.3 is 0 Å².